The van der Waals surface area contributed by atoms with Crippen LogP contribution in [-0.2, 0) is 9.59 Å². The van der Waals surface area contributed by atoms with Crippen LogP contribution in [0.2, 0.25) is 0 Å². The number of allylic oxidation sites excluding steroid dienone is 4. The number of carbonyl (C=O) groups excluding carboxylic acids is 1. The van der Waals surface area contributed by atoms with Crippen molar-refractivity contribution in [3.63, 3.8) is 0 Å². The third-order valence-electron chi connectivity index (χ3n) is 4.21. The fourth-order valence-corrected chi connectivity index (χ4v) is 3.08. The number of aliphatic carboxylic acids is 1. The first kappa shape index (κ1) is 15.3. The molecule has 0 spiro atoms. The number of amides is 1. The molecule has 0 heterocycles. The number of carboxylic acid groups (broad SMARTS) is 1. The molecule has 4 heteroatoms. The quantitative estimate of drug-likeness (QED) is 0.879. The minimum absolute atomic E-state index is 0.0219. The molecule has 0 fully saturated rings. The van der Waals surface area contributed by atoms with E-state index in [2.05, 4.69) is 35.7 Å². The Morgan fingerprint density at radius 1 is 1.09 bits per heavy atom. The zero-order chi connectivity index (χ0) is 16.2. The van der Waals surface area contributed by atoms with Gasteiger partial charge in [0.15, 0.2) is 0 Å². The van der Waals surface area contributed by atoms with Crippen LogP contribution in [0, 0.1) is 0 Å². The number of rotatable bonds is 5. The molecular formula is C19H19NO3. The van der Waals surface area contributed by atoms with Gasteiger partial charge in [0.05, 0.1) is 12.5 Å². The van der Waals surface area contributed by atoms with Crippen LogP contribution in [0.4, 0.5) is 0 Å². The highest BCUT2D eigenvalue weighted by Gasteiger charge is 2.25. The van der Waals surface area contributed by atoms with Gasteiger partial charge >= 0.3 is 5.97 Å². The van der Waals surface area contributed by atoms with E-state index < -0.39 is 5.97 Å². The van der Waals surface area contributed by atoms with Gasteiger partial charge in [-0.3, -0.25) is 9.59 Å². The first-order valence-corrected chi connectivity index (χ1v) is 7.79. The van der Waals surface area contributed by atoms with Crippen LogP contribution in [-0.4, -0.2) is 23.0 Å². The topological polar surface area (TPSA) is 66.4 Å². The van der Waals surface area contributed by atoms with Crippen LogP contribution in [0.25, 0.3) is 0 Å². The smallest absolute Gasteiger partial charge is 0.303 e. The van der Waals surface area contributed by atoms with Crippen LogP contribution >= 0.6 is 0 Å². The Balaban J connectivity index is 1.62. The molecule has 1 aromatic rings. The molecule has 2 aliphatic carbocycles. The first-order chi connectivity index (χ1) is 11.1. The fourth-order valence-electron chi connectivity index (χ4n) is 3.08. The monoisotopic (exact) mass is 309 g/mol. The standard InChI is InChI=1S/C19H19NO3/c21-18(10-11-19(22)23)20-15-7-9-17-14(12-15)6-8-16(17)13-4-2-1-3-5-13/h1-9,15-16H,10-12H2,(H,20,21)(H,22,23). The van der Waals surface area contributed by atoms with E-state index in [0.29, 0.717) is 0 Å². The molecule has 1 amide bonds. The number of hydrogen-bond acceptors (Lipinski definition) is 2. The van der Waals surface area contributed by atoms with E-state index in [9.17, 15) is 9.59 Å². The maximum absolute atomic E-state index is 11.8. The Morgan fingerprint density at radius 2 is 1.87 bits per heavy atom. The van der Waals surface area contributed by atoms with E-state index in [1.165, 1.54) is 16.7 Å². The van der Waals surface area contributed by atoms with Gasteiger partial charge in [0, 0.05) is 12.3 Å². The van der Waals surface area contributed by atoms with Crippen molar-refractivity contribution < 1.29 is 14.7 Å². The summed E-state index contributed by atoms with van der Waals surface area (Å²) in [5.41, 5.74) is 3.79. The van der Waals surface area contributed by atoms with Gasteiger partial charge in [-0.2, -0.15) is 0 Å². The van der Waals surface area contributed by atoms with Crippen molar-refractivity contribution in [2.24, 2.45) is 0 Å². The van der Waals surface area contributed by atoms with Crippen LogP contribution < -0.4 is 5.32 Å². The van der Waals surface area contributed by atoms with Gasteiger partial charge in [0.2, 0.25) is 5.91 Å². The van der Waals surface area contributed by atoms with Crippen molar-refractivity contribution >= 4 is 11.9 Å². The number of carbonyl (C=O) groups is 2. The van der Waals surface area contributed by atoms with E-state index in [4.69, 9.17) is 5.11 Å². The Bertz CT molecular complexity index is 701. The Kier molecular flexibility index (Phi) is 4.42. The minimum Gasteiger partial charge on any atom is -0.481 e. The van der Waals surface area contributed by atoms with Gasteiger partial charge in [-0.15, -0.1) is 0 Å². The van der Waals surface area contributed by atoms with Crippen molar-refractivity contribution in [2.75, 3.05) is 0 Å². The number of hydrogen-bond donors (Lipinski definition) is 2. The molecule has 0 bridgehead atoms. The highest BCUT2D eigenvalue weighted by atomic mass is 16.4. The van der Waals surface area contributed by atoms with Crippen molar-refractivity contribution in [1.29, 1.82) is 0 Å². The van der Waals surface area contributed by atoms with Gasteiger partial charge in [-0.1, -0.05) is 54.6 Å². The molecule has 2 unspecified atom stereocenters. The van der Waals surface area contributed by atoms with E-state index >= 15 is 0 Å². The molecular weight excluding hydrogens is 290 g/mol. The zero-order valence-corrected chi connectivity index (χ0v) is 12.7. The molecule has 1 aromatic carbocycles. The molecule has 2 atom stereocenters. The van der Waals surface area contributed by atoms with Gasteiger partial charge in [-0.25, -0.2) is 0 Å². The Morgan fingerprint density at radius 3 is 2.61 bits per heavy atom. The predicted molar refractivity (Wildman–Crippen MR) is 87.9 cm³/mol. The molecule has 0 aromatic heterocycles. The lowest BCUT2D eigenvalue weighted by Crippen LogP contribution is -2.34. The summed E-state index contributed by atoms with van der Waals surface area (Å²) in [6.45, 7) is 0. The van der Waals surface area contributed by atoms with E-state index in [0.717, 1.165) is 6.42 Å². The Hall–Kier alpha value is -2.62. The summed E-state index contributed by atoms with van der Waals surface area (Å²) in [6.07, 6.45) is 9.05. The van der Waals surface area contributed by atoms with Crippen molar-refractivity contribution in [2.45, 2.75) is 31.2 Å². The minimum atomic E-state index is -0.950. The zero-order valence-electron chi connectivity index (χ0n) is 12.7. The molecule has 3 rings (SSSR count). The van der Waals surface area contributed by atoms with Crippen molar-refractivity contribution in [3.8, 4) is 0 Å². The summed E-state index contributed by atoms with van der Waals surface area (Å²) in [5.74, 6) is -0.882. The molecule has 0 radical (unpaired) electrons. The van der Waals surface area contributed by atoms with Crippen molar-refractivity contribution in [3.05, 3.63) is 71.3 Å². The second-order valence-corrected chi connectivity index (χ2v) is 5.86. The summed E-state index contributed by atoms with van der Waals surface area (Å²) >= 11 is 0. The lowest BCUT2D eigenvalue weighted by atomic mass is 9.88. The first-order valence-electron chi connectivity index (χ1n) is 7.79. The molecule has 2 N–H and O–H groups in total. The largest absolute Gasteiger partial charge is 0.481 e. The molecule has 2 aliphatic rings. The summed E-state index contributed by atoms with van der Waals surface area (Å²) < 4.78 is 0. The van der Waals surface area contributed by atoms with E-state index in [1.54, 1.807) is 0 Å². The SMILES string of the molecule is O=C(O)CCC(=O)NC1C=CC2=C(C=CC2c2ccccc2)C1. The fraction of sp³-hybridized carbons (Fsp3) is 0.263. The normalized spacial score (nSPS) is 22.1. The van der Waals surface area contributed by atoms with Crippen molar-refractivity contribution in [1.82, 2.24) is 5.32 Å². The van der Waals surface area contributed by atoms with Gasteiger partial charge in [0.1, 0.15) is 0 Å². The molecule has 118 valence electrons. The third kappa shape index (κ3) is 3.59. The van der Waals surface area contributed by atoms with Gasteiger partial charge in [-0.05, 0) is 23.1 Å². The van der Waals surface area contributed by atoms with Crippen LogP contribution in [0.1, 0.15) is 30.7 Å². The van der Waals surface area contributed by atoms with E-state index in [1.807, 2.05) is 24.3 Å². The lowest BCUT2D eigenvalue weighted by molar-refractivity contribution is -0.138. The Labute approximate surface area is 135 Å². The highest BCUT2D eigenvalue weighted by Crippen LogP contribution is 2.38. The van der Waals surface area contributed by atoms with Gasteiger partial charge in [0.25, 0.3) is 0 Å². The number of benzene rings is 1. The average Bonchev–Trinajstić information content (AvgIpc) is 2.97. The van der Waals surface area contributed by atoms with Gasteiger partial charge < -0.3 is 10.4 Å². The molecule has 23 heavy (non-hydrogen) atoms. The van der Waals surface area contributed by atoms with Crippen LogP contribution in [0.15, 0.2) is 65.8 Å². The molecule has 0 aliphatic heterocycles. The molecule has 0 saturated carbocycles. The summed E-state index contributed by atoms with van der Waals surface area (Å²) in [7, 11) is 0. The summed E-state index contributed by atoms with van der Waals surface area (Å²) in [6, 6.07) is 10.3. The molecule has 0 saturated heterocycles. The third-order valence-corrected chi connectivity index (χ3v) is 4.21. The summed E-state index contributed by atoms with van der Waals surface area (Å²) in [5, 5.41) is 11.5. The average molecular weight is 309 g/mol. The maximum Gasteiger partial charge on any atom is 0.303 e. The summed E-state index contributed by atoms with van der Waals surface area (Å²) in [4.78, 5) is 22.3. The lowest BCUT2D eigenvalue weighted by Gasteiger charge is -2.22. The van der Waals surface area contributed by atoms with E-state index in [-0.39, 0.29) is 30.7 Å². The number of carboxylic acids is 1. The molecule has 4 nitrogen and oxygen atoms in total. The number of nitrogens with one attached hydrogen (secondary N) is 1. The second-order valence-electron chi connectivity index (χ2n) is 5.86. The second kappa shape index (κ2) is 6.65. The van der Waals surface area contributed by atoms with Crippen LogP contribution in [0.3, 0.4) is 0 Å². The predicted octanol–water partition coefficient (Wildman–Crippen LogP) is 2.95. The van der Waals surface area contributed by atoms with Crippen LogP contribution in [0.5, 0.6) is 0 Å². The highest BCUT2D eigenvalue weighted by molar-refractivity contribution is 5.81. The maximum atomic E-state index is 11.8.